The van der Waals surface area contributed by atoms with E-state index in [1.807, 2.05) is 13.8 Å². The zero-order valence-electron chi connectivity index (χ0n) is 19.8. The van der Waals surface area contributed by atoms with Gasteiger partial charge in [-0.15, -0.1) is 0 Å². The lowest BCUT2D eigenvalue weighted by atomic mass is 9.59. The maximum atomic E-state index is 11.5. The fraction of sp³-hybridized carbons (Fsp3) is 0.778. The SMILES string of the molecule is C=C1CC[C@@H](O)C/C1=C/C=C1\CCC[C@@]2(C)[C@H]1CC[C@@H]2[C@](C)(O)CC(O)CC(C)CO. The van der Waals surface area contributed by atoms with Crippen molar-refractivity contribution in [2.75, 3.05) is 6.61 Å². The van der Waals surface area contributed by atoms with Crippen LogP contribution in [0.1, 0.15) is 85.0 Å². The normalized spacial score (nSPS) is 38.2. The summed E-state index contributed by atoms with van der Waals surface area (Å²) in [5.41, 5.74) is 2.93. The first-order valence-electron chi connectivity index (χ1n) is 12.3. The van der Waals surface area contributed by atoms with Crippen LogP contribution in [0.15, 0.2) is 35.5 Å². The molecule has 0 radical (unpaired) electrons. The van der Waals surface area contributed by atoms with E-state index in [1.165, 1.54) is 11.1 Å². The summed E-state index contributed by atoms with van der Waals surface area (Å²) in [5.74, 6) is 0.666. The first-order valence-corrected chi connectivity index (χ1v) is 12.3. The highest BCUT2D eigenvalue weighted by Crippen LogP contribution is 2.60. The molecule has 4 nitrogen and oxygen atoms in total. The van der Waals surface area contributed by atoms with Crippen LogP contribution in [0, 0.1) is 23.2 Å². The molecule has 0 aromatic rings. The molecule has 0 amide bonds. The van der Waals surface area contributed by atoms with Crippen LogP contribution >= 0.6 is 0 Å². The number of rotatable bonds is 7. The van der Waals surface area contributed by atoms with E-state index in [4.69, 9.17) is 0 Å². The number of hydrogen-bond donors (Lipinski definition) is 4. The summed E-state index contributed by atoms with van der Waals surface area (Å²) < 4.78 is 0. The van der Waals surface area contributed by atoms with Crippen molar-refractivity contribution in [3.05, 3.63) is 35.5 Å². The van der Waals surface area contributed by atoms with Crippen molar-refractivity contribution in [3.8, 4) is 0 Å². The molecule has 0 spiro atoms. The summed E-state index contributed by atoms with van der Waals surface area (Å²) in [4.78, 5) is 0. The third-order valence-corrected chi connectivity index (χ3v) is 8.54. The molecule has 7 atom stereocenters. The smallest absolute Gasteiger partial charge is 0.0677 e. The summed E-state index contributed by atoms with van der Waals surface area (Å²) in [6.45, 7) is 10.4. The molecule has 176 valence electrons. The van der Waals surface area contributed by atoms with Crippen LogP contribution in [0.3, 0.4) is 0 Å². The molecule has 3 aliphatic carbocycles. The Kier molecular flexibility index (Phi) is 7.89. The van der Waals surface area contributed by atoms with Gasteiger partial charge in [-0.05, 0) is 93.5 Å². The Morgan fingerprint density at radius 1 is 1.23 bits per heavy atom. The Labute approximate surface area is 188 Å². The molecule has 3 rings (SSSR count). The van der Waals surface area contributed by atoms with Crippen molar-refractivity contribution >= 4 is 0 Å². The minimum Gasteiger partial charge on any atom is -0.396 e. The number of allylic oxidation sites excluding steroid dienone is 4. The second-order valence-electron chi connectivity index (χ2n) is 11.2. The van der Waals surface area contributed by atoms with Gasteiger partial charge in [0.05, 0.1) is 17.8 Å². The molecule has 0 bridgehead atoms. The summed E-state index contributed by atoms with van der Waals surface area (Å²) in [5, 5.41) is 41.3. The van der Waals surface area contributed by atoms with Gasteiger partial charge in [-0.25, -0.2) is 0 Å². The van der Waals surface area contributed by atoms with Crippen LogP contribution in [0.25, 0.3) is 0 Å². The van der Waals surface area contributed by atoms with Crippen molar-refractivity contribution in [1.29, 1.82) is 0 Å². The topological polar surface area (TPSA) is 80.9 Å². The fourth-order valence-corrected chi connectivity index (χ4v) is 6.90. The monoisotopic (exact) mass is 432 g/mol. The quantitative estimate of drug-likeness (QED) is 0.471. The van der Waals surface area contributed by atoms with Crippen molar-refractivity contribution in [3.63, 3.8) is 0 Å². The molecule has 0 aromatic carbocycles. The van der Waals surface area contributed by atoms with Crippen molar-refractivity contribution in [2.24, 2.45) is 23.2 Å². The maximum absolute atomic E-state index is 11.5. The molecule has 2 unspecified atom stereocenters. The van der Waals surface area contributed by atoms with Gasteiger partial charge in [0.15, 0.2) is 0 Å². The van der Waals surface area contributed by atoms with Gasteiger partial charge >= 0.3 is 0 Å². The Bertz CT molecular complexity index is 706. The lowest BCUT2D eigenvalue weighted by Gasteiger charge is -2.47. The molecule has 3 aliphatic rings. The number of aliphatic hydroxyl groups is 4. The predicted molar refractivity (Wildman–Crippen MR) is 125 cm³/mol. The zero-order chi connectivity index (χ0) is 22.8. The molecule has 4 heteroatoms. The van der Waals surface area contributed by atoms with E-state index >= 15 is 0 Å². The molecule has 0 aromatic heterocycles. The number of aliphatic hydroxyl groups excluding tert-OH is 3. The van der Waals surface area contributed by atoms with E-state index in [9.17, 15) is 20.4 Å². The highest BCUT2D eigenvalue weighted by molar-refractivity contribution is 5.36. The van der Waals surface area contributed by atoms with Crippen LogP contribution in [-0.2, 0) is 0 Å². The Balaban J connectivity index is 1.75. The van der Waals surface area contributed by atoms with Crippen LogP contribution in [-0.4, -0.2) is 44.8 Å². The summed E-state index contributed by atoms with van der Waals surface area (Å²) in [7, 11) is 0. The highest BCUT2D eigenvalue weighted by Gasteiger charge is 2.55. The summed E-state index contributed by atoms with van der Waals surface area (Å²) >= 11 is 0. The van der Waals surface area contributed by atoms with Gasteiger partial charge in [-0.2, -0.15) is 0 Å². The largest absolute Gasteiger partial charge is 0.396 e. The van der Waals surface area contributed by atoms with Crippen molar-refractivity contribution in [1.82, 2.24) is 0 Å². The molecular formula is C27H44O4. The molecule has 0 heterocycles. The Morgan fingerprint density at radius 3 is 2.68 bits per heavy atom. The van der Waals surface area contributed by atoms with Crippen LogP contribution in [0.4, 0.5) is 0 Å². The van der Waals surface area contributed by atoms with Gasteiger partial charge in [0.25, 0.3) is 0 Å². The van der Waals surface area contributed by atoms with E-state index in [1.54, 1.807) is 0 Å². The third-order valence-electron chi connectivity index (χ3n) is 8.54. The second-order valence-corrected chi connectivity index (χ2v) is 11.2. The second kappa shape index (κ2) is 9.91. The van der Waals surface area contributed by atoms with Gasteiger partial charge < -0.3 is 20.4 Å². The van der Waals surface area contributed by atoms with E-state index < -0.39 is 11.7 Å². The van der Waals surface area contributed by atoms with Crippen LogP contribution in [0.2, 0.25) is 0 Å². The minimum atomic E-state index is -0.916. The van der Waals surface area contributed by atoms with Crippen molar-refractivity contribution < 1.29 is 20.4 Å². The van der Waals surface area contributed by atoms with Crippen LogP contribution in [0.5, 0.6) is 0 Å². The standard InChI is InChI=1S/C27H44O4/c1-18(17-28)14-23(30)16-27(4,31)25-12-11-24-20(6-5-13-26(24,25)3)8-9-21-15-22(29)10-7-19(21)2/h8-9,18,22-25,28-31H,2,5-7,10-17H2,1,3-4H3/b20-8+,21-9-/t18?,22-,23?,24+,25+,26+,27-/m1/s1. The summed E-state index contributed by atoms with van der Waals surface area (Å²) in [6.07, 6.45) is 12.3. The first-order chi connectivity index (χ1) is 14.6. The molecule has 4 N–H and O–H groups in total. The summed E-state index contributed by atoms with van der Waals surface area (Å²) in [6, 6.07) is 0. The molecular weight excluding hydrogens is 388 g/mol. The van der Waals surface area contributed by atoms with E-state index in [-0.39, 0.29) is 30.0 Å². The molecule has 3 fully saturated rings. The lowest BCUT2D eigenvalue weighted by Crippen LogP contribution is -2.47. The molecule has 0 saturated heterocycles. The fourth-order valence-electron chi connectivity index (χ4n) is 6.90. The number of fused-ring (bicyclic) bond motifs is 1. The van der Waals surface area contributed by atoms with E-state index in [2.05, 4.69) is 25.7 Å². The van der Waals surface area contributed by atoms with Gasteiger partial charge in [0.2, 0.25) is 0 Å². The molecule has 31 heavy (non-hydrogen) atoms. The number of hydrogen-bond acceptors (Lipinski definition) is 4. The third kappa shape index (κ3) is 5.52. The van der Waals surface area contributed by atoms with Gasteiger partial charge in [0, 0.05) is 13.0 Å². The predicted octanol–water partition coefficient (Wildman–Crippen LogP) is 4.68. The molecule has 3 saturated carbocycles. The van der Waals surface area contributed by atoms with Gasteiger partial charge in [0.1, 0.15) is 0 Å². The molecule has 0 aliphatic heterocycles. The van der Waals surface area contributed by atoms with E-state index in [0.29, 0.717) is 25.2 Å². The Morgan fingerprint density at radius 2 is 1.97 bits per heavy atom. The Hall–Kier alpha value is -0.940. The van der Waals surface area contributed by atoms with Gasteiger partial charge in [-0.1, -0.05) is 43.7 Å². The van der Waals surface area contributed by atoms with E-state index in [0.717, 1.165) is 50.5 Å². The van der Waals surface area contributed by atoms with Crippen molar-refractivity contribution in [2.45, 2.75) is 103 Å². The first kappa shape index (κ1) is 24.7. The average Bonchev–Trinajstić information content (AvgIpc) is 3.06. The van der Waals surface area contributed by atoms with Gasteiger partial charge in [-0.3, -0.25) is 0 Å². The average molecular weight is 433 g/mol. The minimum absolute atomic E-state index is 0.0392. The van der Waals surface area contributed by atoms with Crippen LogP contribution < -0.4 is 0 Å². The highest BCUT2D eigenvalue weighted by atomic mass is 16.3. The maximum Gasteiger partial charge on any atom is 0.0677 e. The zero-order valence-corrected chi connectivity index (χ0v) is 19.8. The lowest BCUT2D eigenvalue weighted by molar-refractivity contribution is -0.0876.